The summed E-state index contributed by atoms with van der Waals surface area (Å²) in [7, 11) is 0. The summed E-state index contributed by atoms with van der Waals surface area (Å²) >= 11 is 0. The van der Waals surface area contributed by atoms with Gasteiger partial charge < -0.3 is 25.1 Å². The van der Waals surface area contributed by atoms with E-state index < -0.39 is 24.4 Å². The first-order chi connectivity index (χ1) is 10.5. The van der Waals surface area contributed by atoms with E-state index >= 15 is 0 Å². The summed E-state index contributed by atoms with van der Waals surface area (Å²) < 4.78 is 0. The van der Waals surface area contributed by atoms with Crippen molar-refractivity contribution in [1.82, 2.24) is 5.32 Å². The third-order valence-corrected chi connectivity index (χ3v) is 3.32. The van der Waals surface area contributed by atoms with Crippen molar-refractivity contribution in [3.8, 4) is 0 Å². The van der Waals surface area contributed by atoms with Crippen LogP contribution in [0.1, 0.15) is 64.2 Å². The number of allylic oxidation sites excluding steroid dienone is 1. The van der Waals surface area contributed by atoms with Crippen LogP contribution in [0.15, 0.2) is 12.7 Å². The fourth-order valence-electron chi connectivity index (χ4n) is 2.06. The molecular formula is C16H25NNa2O5. The third-order valence-electron chi connectivity index (χ3n) is 3.32. The molecule has 1 atom stereocenters. The fourth-order valence-corrected chi connectivity index (χ4v) is 2.06. The molecule has 0 aromatic heterocycles. The van der Waals surface area contributed by atoms with E-state index in [-0.39, 0.29) is 77.9 Å². The summed E-state index contributed by atoms with van der Waals surface area (Å²) in [6.45, 7) is 3.66. The first-order valence-electron chi connectivity index (χ1n) is 7.78. The van der Waals surface area contributed by atoms with E-state index in [1.54, 1.807) is 0 Å². The number of carbonyl (C=O) groups is 3. The van der Waals surface area contributed by atoms with Crippen LogP contribution in [-0.4, -0.2) is 23.9 Å². The second kappa shape index (κ2) is 19.5. The molecule has 0 aliphatic carbocycles. The Morgan fingerprint density at radius 2 is 1.46 bits per heavy atom. The number of hydrogen-bond donors (Lipinski definition) is 1. The molecule has 0 saturated heterocycles. The zero-order valence-corrected chi connectivity index (χ0v) is 19.0. The Bertz CT molecular complexity index is 377. The Balaban J connectivity index is -0.00000220. The first-order valence-corrected chi connectivity index (χ1v) is 7.78. The van der Waals surface area contributed by atoms with E-state index in [2.05, 4.69) is 11.9 Å². The van der Waals surface area contributed by atoms with Gasteiger partial charge >= 0.3 is 59.1 Å². The number of unbranched alkanes of at least 4 members (excludes halogenated alkanes) is 6. The fraction of sp³-hybridized carbons (Fsp3) is 0.688. The smallest absolute Gasteiger partial charge is 0.550 e. The third kappa shape index (κ3) is 18.5. The largest absolute Gasteiger partial charge is 1.00 e. The Kier molecular flexibility index (Phi) is 23.5. The minimum atomic E-state index is -1.48. The van der Waals surface area contributed by atoms with Crippen LogP contribution in [-0.2, 0) is 14.4 Å². The average Bonchev–Trinajstić information content (AvgIpc) is 2.45. The second-order valence-corrected chi connectivity index (χ2v) is 5.30. The van der Waals surface area contributed by atoms with Crippen LogP contribution in [0.25, 0.3) is 0 Å². The van der Waals surface area contributed by atoms with Gasteiger partial charge in [0.25, 0.3) is 0 Å². The van der Waals surface area contributed by atoms with Crippen molar-refractivity contribution in [3.05, 3.63) is 12.7 Å². The maximum absolute atomic E-state index is 11.6. The van der Waals surface area contributed by atoms with E-state index in [1.807, 2.05) is 6.08 Å². The van der Waals surface area contributed by atoms with Crippen molar-refractivity contribution in [1.29, 1.82) is 0 Å². The Labute approximate surface area is 188 Å². The Morgan fingerprint density at radius 1 is 0.917 bits per heavy atom. The summed E-state index contributed by atoms with van der Waals surface area (Å²) in [5, 5.41) is 23.4. The van der Waals surface area contributed by atoms with Gasteiger partial charge in [0.1, 0.15) is 0 Å². The minimum absolute atomic E-state index is 0. The van der Waals surface area contributed by atoms with Crippen molar-refractivity contribution in [2.75, 3.05) is 0 Å². The molecule has 1 amide bonds. The predicted molar refractivity (Wildman–Crippen MR) is 78.3 cm³/mol. The summed E-state index contributed by atoms with van der Waals surface area (Å²) in [6, 6.07) is -1.27. The minimum Gasteiger partial charge on any atom is -0.550 e. The molecule has 24 heavy (non-hydrogen) atoms. The van der Waals surface area contributed by atoms with E-state index in [4.69, 9.17) is 0 Å². The molecule has 0 aromatic rings. The Morgan fingerprint density at radius 3 is 1.96 bits per heavy atom. The van der Waals surface area contributed by atoms with Gasteiger partial charge in [-0.2, -0.15) is 0 Å². The van der Waals surface area contributed by atoms with Crippen molar-refractivity contribution in [3.63, 3.8) is 0 Å². The van der Waals surface area contributed by atoms with Crippen molar-refractivity contribution in [2.45, 2.75) is 70.3 Å². The summed E-state index contributed by atoms with van der Waals surface area (Å²) in [5.74, 6) is -3.21. The molecule has 0 fully saturated rings. The van der Waals surface area contributed by atoms with Crippen LogP contribution in [0.4, 0.5) is 0 Å². The molecule has 0 aromatic carbocycles. The topological polar surface area (TPSA) is 109 Å². The molecule has 0 unspecified atom stereocenters. The number of carbonyl (C=O) groups excluding carboxylic acids is 3. The molecule has 0 bridgehead atoms. The molecule has 0 spiro atoms. The molecule has 6 nitrogen and oxygen atoms in total. The molecule has 126 valence electrons. The number of rotatable bonds is 14. The van der Waals surface area contributed by atoms with Gasteiger partial charge in [0.15, 0.2) is 0 Å². The standard InChI is InChI=1S/C16H27NO5.2Na/c1-2-3-4-5-6-7-8-9-10-14(18)17-13(16(21)22)11-12-15(19)20;;/h2,13H,1,3-12H2,(H,17,18)(H,19,20)(H,21,22);;/q;2*+1/p-2/t13-;;/m0../s1. The van der Waals surface area contributed by atoms with Crippen LogP contribution < -0.4 is 74.6 Å². The number of carboxylic acids is 2. The molecule has 8 heteroatoms. The number of amides is 1. The first kappa shape index (κ1) is 28.9. The van der Waals surface area contributed by atoms with Crippen LogP contribution in [0.2, 0.25) is 0 Å². The zero-order chi connectivity index (χ0) is 16.8. The van der Waals surface area contributed by atoms with Gasteiger partial charge in [0.2, 0.25) is 5.91 Å². The number of aliphatic carboxylic acids is 2. The monoisotopic (exact) mass is 357 g/mol. The maximum atomic E-state index is 11.6. The summed E-state index contributed by atoms with van der Waals surface area (Å²) in [5.41, 5.74) is 0. The predicted octanol–water partition coefficient (Wildman–Crippen LogP) is -5.93. The van der Waals surface area contributed by atoms with Gasteiger partial charge in [-0.1, -0.05) is 31.8 Å². The van der Waals surface area contributed by atoms with Gasteiger partial charge in [-0.3, -0.25) is 4.79 Å². The molecule has 0 rings (SSSR count). The van der Waals surface area contributed by atoms with Crippen molar-refractivity contribution < 1.29 is 83.7 Å². The van der Waals surface area contributed by atoms with Crippen LogP contribution >= 0.6 is 0 Å². The molecule has 0 aliphatic rings. The van der Waals surface area contributed by atoms with Gasteiger partial charge in [-0.25, -0.2) is 0 Å². The maximum Gasteiger partial charge on any atom is 1.00 e. The van der Waals surface area contributed by atoms with Crippen LogP contribution in [0, 0.1) is 0 Å². The quantitative estimate of drug-likeness (QED) is 0.189. The number of hydrogen-bond acceptors (Lipinski definition) is 5. The van der Waals surface area contributed by atoms with Gasteiger partial charge in [0.05, 0.1) is 12.0 Å². The van der Waals surface area contributed by atoms with E-state index in [9.17, 15) is 24.6 Å². The molecular weight excluding hydrogens is 332 g/mol. The molecule has 0 saturated carbocycles. The van der Waals surface area contributed by atoms with Crippen molar-refractivity contribution in [2.24, 2.45) is 0 Å². The van der Waals surface area contributed by atoms with E-state index in [0.29, 0.717) is 6.42 Å². The van der Waals surface area contributed by atoms with Gasteiger partial charge in [-0.15, -0.1) is 6.58 Å². The number of carboxylic acid groups (broad SMARTS) is 2. The number of nitrogens with one attached hydrogen (secondary N) is 1. The van der Waals surface area contributed by atoms with Crippen molar-refractivity contribution >= 4 is 17.8 Å². The van der Waals surface area contributed by atoms with E-state index in [1.165, 1.54) is 0 Å². The molecule has 1 N–H and O–H groups in total. The van der Waals surface area contributed by atoms with Crippen LogP contribution in [0.5, 0.6) is 0 Å². The zero-order valence-electron chi connectivity index (χ0n) is 15.0. The van der Waals surface area contributed by atoms with Gasteiger partial charge in [0, 0.05) is 12.4 Å². The summed E-state index contributed by atoms with van der Waals surface area (Å²) in [4.78, 5) is 32.7. The molecule has 0 aliphatic heterocycles. The summed E-state index contributed by atoms with van der Waals surface area (Å²) in [6.07, 6.45) is 8.55. The SMILES string of the molecule is C=CCCCCCCCCC(=O)N[C@@H](CCC(=O)[O-])C(=O)[O-].[Na+].[Na+]. The van der Waals surface area contributed by atoms with Gasteiger partial charge in [-0.05, 0) is 32.1 Å². The Hall–Kier alpha value is 0.150. The molecule has 0 heterocycles. The van der Waals surface area contributed by atoms with E-state index in [0.717, 1.165) is 38.5 Å². The van der Waals surface area contributed by atoms with Crippen LogP contribution in [0.3, 0.4) is 0 Å². The average molecular weight is 357 g/mol. The second-order valence-electron chi connectivity index (χ2n) is 5.30. The normalized spacial score (nSPS) is 10.7. The molecule has 0 radical (unpaired) electrons.